The third-order valence-corrected chi connectivity index (χ3v) is 11.1. The molecule has 7 heteroatoms. The molecule has 3 N–H and O–H groups in total. The molecule has 6 fully saturated rings. The van der Waals surface area contributed by atoms with Crippen molar-refractivity contribution in [1.82, 2.24) is 4.90 Å². The quantitative estimate of drug-likeness (QED) is 0.577. The monoisotopic (exact) mass is 437 g/mol. The van der Waals surface area contributed by atoms with Crippen LogP contribution in [0.3, 0.4) is 0 Å². The number of hydrogen-bond donors (Lipinski definition) is 3. The summed E-state index contributed by atoms with van der Waals surface area (Å²) in [6.07, 6.45) is 1.65. The first-order valence-corrected chi connectivity index (χ1v) is 12.2. The third kappa shape index (κ3) is 2.12. The molecule has 1 heterocycles. The predicted octanol–water partition coefficient (Wildman–Crippen LogP) is 0.502. The summed E-state index contributed by atoms with van der Waals surface area (Å²) in [5, 5.41) is 35.7. The molecule has 7 bridgehead atoms. The van der Waals surface area contributed by atoms with Gasteiger partial charge in [-0.05, 0) is 31.7 Å². The van der Waals surface area contributed by atoms with Gasteiger partial charge in [0, 0.05) is 74.8 Å². The number of methoxy groups -OCH3 is 3. The van der Waals surface area contributed by atoms with Crippen molar-refractivity contribution in [3.8, 4) is 0 Å². The highest BCUT2D eigenvalue weighted by molar-refractivity contribution is 5.35. The van der Waals surface area contributed by atoms with Gasteiger partial charge >= 0.3 is 0 Å². The molecule has 6 rings (SSSR count). The lowest BCUT2D eigenvalue weighted by molar-refractivity contribution is -0.272. The summed E-state index contributed by atoms with van der Waals surface area (Å²) in [6, 6.07) is 0.0561. The number of likely N-dealkylation sites (tertiary alicyclic amines) is 1. The largest absolute Gasteiger partial charge is 0.392 e. The van der Waals surface area contributed by atoms with Crippen molar-refractivity contribution >= 4 is 0 Å². The molecule has 1 saturated heterocycles. The van der Waals surface area contributed by atoms with Crippen molar-refractivity contribution in [3.63, 3.8) is 0 Å². The van der Waals surface area contributed by atoms with Crippen LogP contribution in [0.2, 0.25) is 0 Å². The number of aliphatic hydroxyl groups is 3. The molecule has 5 aliphatic carbocycles. The number of hydrogen-bond acceptors (Lipinski definition) is 7. The predicted molar refractivity (Wildman–Crippen MR) is 112 cm³/mol. The number of ether oxygens (including phenoxy) is 3. The Morgan fingerprint density at radius 3 is 2.52 bits per heavy atom. The average Bonchev–Trinajstić information content (AvgIpc) is 3.16. The maximum Gasteiger partial charge on any atom is 0.0796 e. The first kappa shape index (κ1) is 21.3. The summed E-state index contributed by atoms with van der Waals surface area (Å²) in [6.45, 7) is 4.63. The van der Waals surface area contributed by atoms with Crippen molar-refractivity contribution in [3.05, 3.63) is 0 Å². The highest BCUT2D eigenvalue weighted by Crippen LogP contribution is 2.79. The Bertz CT molecular complexity index is 752. The zero-order valence-electron chi connectivity index (χ0n) is 19.2. The van der Waals surface area contributed by atoms with Gasteiger partial charge < -0.3 is 29.5 Å². The van der Waals surface area contributed by atoms with Gasteiger partial charge in [-0.1, -0.05) is 6.92 Å². The Morgan fingerprint density at radius 1 is 1.10 bits per heavy atom. The van der Waals surface area contributed by atoms with Gasteiger partial charge in [0.05, 0.1) is 36.6 Å². The molecule has 6 aliphatic rings. The maximum absolute atomic E-state index is 12.5. The molecule has 0 aromatic rings. The number of nitrogens with zero attached hydrogens (tertiary/aromatic N) is 1. The first-order valence-electron chi connectivity index (χ1n) is 12.2. The molecule has 1 spiro atoms. The molecule has 176 valence electrons. The molecule has 0 aromatic heterocycles. The summed E-state index contributed by atoms with van der Waals surface area (Å²) in [7, 11) is 5.24. The Balaban J connectivity index is 1.62. The highest BCUT2D eigenvalue weighted by atomic mass is 16.5. The zero-order valence-corrected chi connectivity index (χ0v) is 19.2. The molecule has 0 amide bonds. The highest BCUT2D eigenvalue weighted by Gasteiger charge is 2.86. The van der Waals surface area contributed by atoms with Crippen molar-refractivity contribution < 1.29 is 29.5 Å². The summed E-state index contributed by atoms with van der Waals surface area (Å²) >= 11 is 0. The Hall–Kier alpha value is -0.280. The lowest BCUT2D eigenvalue weighted by Crippen LogP contribution is -2.76. The van der Waals surface area contributed by atoms with E-state index in [1.165, 1.54) is 0 Å². The van der Waals surface area contributed by atoms with Gasteiger partial charge in [-0.2, -0.15) is 0 Å². The summed E-state index contributed by atoms with van der Waals surface area (Å²) in [4.78, 5) is 2.52. The van der Waals surface area contributed by atoms with Crippen LogP contribution in [-0.2, 0) is 14.2 Å². The minimum atomic E-state index is -1.05. The Morgan fingerprint density at radius 2 is 1.87 bits per heavy atom. The first-order chi connectivity index (χ1) is 14.9. The number of aliphatic hydroxyl groups excluding tert-OH is 2. The minimum Gasteiger partial charge on any atom is -0.392 e. The second-order valence-corrected chi connectivity index (χ2v) is 11.6. The Labute approximate surface area is 185 Å². The van der Waals surface area contributed by atoms with Crippen LogP contribution in [0.25, 0.3) is 0 Å². The van der Waals surface area contributed by atoms with Gasteiger partial charge in [-0.15, -0.1) is 0 Å². The van der Waals surface area contributed by atoms with Crippen molar-refractivity contribution in [2.75, 3.05) is 41.0 Å². The van der Waals surface area contributed by atoms with E-state index in [0.717, 1.165) is 32.4 Å². The third-order valence-electron chi connectivity index (χ3n) is 11.1. The molecule has 13 atom stereocenters. The number of fused-ring (bicyclic) bond motifs is 2. The van der Waals surface area contributed by atoms with E-state index in [2.05, 4.69) is 11.8 Å². The van der Waals surface area contributed by atoms with Crippen LogP contribution in [0.1, 0.15) is 32.6 Å². The van der Waals surface area contributed by atoms with E-state index in [0.29, 0.717) is 13.0 Å². The van der Waals surface area contributed by atoms with E-state index >= 15 is 0 Å². The van der Waals surface area contributed by atoms with Crippen LogP contribution in [0.4, 0.5) is 0 Å². The van der Waals surface area contributed by atoms with Crippen LogP contribution in [0, 0.1) is 40.4 Å². The number of rotatable bonds is 5. The second-order valence-electron chi connectivity index (χ2n) is 11.6. The molecule has 0 unspecified atom stereocenters. The normalized spacial score (nSPS) is 61.6. The summed E-state index contributed by atoms with van der Waals surface area (Å²) < 4.78 is 18.0. The van der Waals surface area contributed by atoms with E-state index in [1.54, 1.807) is 21.3 Å². The van der Waals surface area contributed by atoms with Crippen molar-refractivity contribution in [1.29, 1.82) is 0 Å². The van der Waals surface area contributed by atoms with Crippen LogP contribution < -0.4 is 0 Å². The molecular weight excluding hydrogens is 398 g/mol. The standard InChI is InChI=1S/C24H39NO6/c1-5-25-10-22(11-29-2)7-6-15(26)24-13-8-12-14(30-3)9-23(28,16(13)18(12)27)17(21(24)25)19(31-4)20(22)24/h12-21,26-28H,5-11H2,1-4H3/t12-,13-,14+,15-,16-,17+,18+,19+,20-,21-,22+,23-,24+/m1/s1. The van der Waals surface area contributed by atoms with Crippen LogP contribution in [-0.4, -0.2) is 97.3 Å². The Kier molecular flexibility index (Phi) is 4.56. The van der Waals surface area contributed by atoms with Gasteiger partial charge in [0.25, 0.3) is 0 Å². The summed E-state index contributed by atoms with van der Waals surface area (Å²) in [5.41, 5.74) is -1.54. The van der Waals surface area contributed by atoms with E-state index in [1.807, 2.05) is 0 Å². The molecule has 7 nitrogen and oxygen atoms in total. The van der Waals surface area contributed by atoms with Crippen LogP contribution >= 0.6 is 0 Å². The average molecular weight is 438 g/mol. The smallest absolute Gasteiger partial charge is 0.0796 e. The molecule has 31 heavy (non-hydrogen) atoms. The lowest BCUT2D eigenvalue weighted by atomic mass is 9.43. The molecule has 0 radical (unpaired) electrons. The van der Waals surface area contributed by atoms with Gasteiger partial charge in [-0.3, -0.25) is 4.90 Å². The van der Waals surface area contributed by atoms with Gasteiger partial charge in [0.15, 0.2) is 0 Å². The molecule has 0 aromatic carbocycles. The summed E-state index contributed by atoms with van der Waals surface area (Å²) in [5.74, 6) is -0.168. The topological polar surface area (TPSA) is 91.6 Å². The van der Waals surface area contributed by atoms with Gasteiger partial charge in [0.1, 0.15) is 0 Å². The fourth-order valence-electron chi connectivity index (χ4n) is 10.7. The van der Waals surface area contributed by atoms with E-state index < -0.39 is 17.8 Å². The second kappa shape index (κ2) is 6.65. The molecule has 1 aliphatic heterocycles. The van der Waals surface area contributed by atoms with Gasteiger partial charge in [0.2, 0.25) is 0 Å². The van der Waals surface area contributed by atoms with E-state index in [4.69, 9.17) is 14.2 Å². The van der Waals surface area contributed by atoms with Crippen LogP contribution in [0.15, 0.2) is 0 Å². The fraction of sp³-hybridized carbons (Fsp3) is 1.00. The SMILES string of the molecule is CCN1C[C@]2(COC)CC[C@@H](O)[C@@]34[C@@H]5C[C@H]6[C@H](O)[C@@H]5[C@](O)(C[C@@H]6OC)[C@@H]([C@H](OC)[C@H]23)[C@@H]14. The molecule has 5 saturated carbocycles. The zero-order chi connectivity index (χ0) is 21.9. The van der Waals surface area contributed by atoms with Gasteiger partial charge in [-0.25, -0.2) is 0 Å². The minimum absolute atomic E-state index is 0.0248. The van der Waals surface area contributed by atoms with E-state index in [9.17, 15) is 15.3 Å². The number of piperidine rings is 1. The maximum atomic E-state index is 12.5. The van der Waals surface area contributed by atoms with Crippen molar-refractivity contribution in [2.45, 2.75) is 68.7 Å². The van der Waals surface area contributed by atoms with Crippen molar-refractivity contribution in [2.24, 2.45) is 40.4 Å². The van der Waals surface area contributed by atoms with E-state index in [-0.39, 0.29) is 58.7 Å². The van der Waals surface area contributed by atoms with Crippen LogP contribution in [0.5, 0.6) is 0 Å². The molecular formula is C24H39NO6. The fourth-order valence-corrected chi connectivity index (χ4v) is 10.7. The lowest BCUT2D eigenvalue weighted by Gasteiger charge is -2.68.